The average molecular weight is 187 g/mol. The van der Waals surface area contributed by atoms with Gasteiger partial charge in [-0.05, 0) is 6.08 Å². The Kier molecular flexibility index (Phi) is 2.18. The first-order valence-corrected chi connectivity index (χ1v) is 4.44. The van der Waals surface area contributed by atoms with Gasteiger partial charge in [-0.25, -0.2) is 0 Å². The van der Waals surface area contributed by atoms with Crippen molar-refractivity contribution in [1.29, 1.82) is 0 Å². The molecule has 0 radical (unpaired) electrons. The van der Waals surface area contributed by atoms with Crippen molar-refractivity contribution in [3.05, 3.63) is 17.7 Å². The van der Waals surface area contributed by atoms with Crippen LogP contribution in [-0.4, -0.2) is 35.1 Å². The molecular formula is C5H5N3O3S. The highest BCUT2D eigenvalue weighted by molar-refractivity contribution is 7.87. The van der Waals surface area contributed by atoms with Crippen LogP contribution in [0, 0.1) is 0 Å². The van der Waals surface area contributed by atoms with E-state index in [9.17, 15) is 8.42 Å². The molecule has 6 nitrogen and oxygen atoms in total. The van der Waals surface area contributed by atoms with Gasteiger partial charge in [-0.1, -0.05) is 0 Å². The largest absolute Gasteiger partial charge is 0.361 e. The number of nitrogens with zero attached hydrogens (tertiary/aromatic N) is 3. The van der Waals surface area contributed by atoms with Crippen molar-refractivity contribution in [1.82, 2.24) is 0 Å². The summed E-state index contributed by atoms with van der Waals surface area (Å²) in [6, 6.07) is 0. The zero-order chi connectivity index (χ0) is 9.19. The van der Waals surface area contributed by atoms with Crippen molar-refractivity contribution >= 4 is 22.0 Å². The second-order valence-corrected chi connectivity index (χ2v) is 3.53. The molecule has 0 bridgehead atoms. The van der Waals surface area contributed by atoms with E-state index in [0.29, 0.717) is 0 Å². The maximum Gasteiger partial charge on any atom is 0.334 e. The Labute approximate surface area is 68.6 Å². The highest BCUT2D eigenvalue weighted by atomic mass is 32.2. The molecule has 7 heteroatoms. The fraction of sp³-hybridized carbons (Fsp3) is 0.200. The molecular weight excluding hydrogens is 182 g/mol. The van der Waals surface area contributed by atoms with Gasteiger partial charge in [0.25, 0.3) is 15.5 Å². The summed E-state index contributed by atoms with van der Waals surface area (Å²) in [7, 11) is -4.33. The van der Waals surface area contributed by atoms with Crippen molar-refractivity contribution in [2.45, 2.75) is 5.37 Å². The molecule has 1 unspecified atom stereocenters. The average Bonchev–Trinajstić information content (AvgIpc) is 2.03. The Bertz CT molecular complexity index is 388. The van der Waals surface area contributed by atoms with E-state index in [1.54, 1.807) is 0 Å². The highest BCUT2D eigenvalue weighted by Crippen LogP contribution is 2.05. The third-order valence-corrected chi connectivity index (χ3v) is 2.15. The molecule has 1 N–H and O–H groups in total. The lowest BCUT2D eigenvalue weighted by Gasteiger charge is -2.03. The van der Waals surface area contributed by atoms with Gasteiger partial charge in [0.2, 0.25) is 0 Å². The predicted molar refractivity (Wildman–Crippen MR) is 41.6 cm³/mol. The first kappa shape index (κ1) is 8.79. The van der Waals surface area contributed by atoms with Crippen LogP contribution in [0.5, 0.6) is 0 Å². The van der Waals surface area contributed by atoms with Crippen molar-refractivity contribution in [3.8, 4) is 0 Å². The van der Waals surface area contributed by atoms with Crippen molar-refractivity contribution in [2.24, 2.45) is 4.99 Å². The fourth-order valence-corrected chi connectivity index (χ4v) is 1.40. The van der Waals surface area contributed by atoms with E-state index in [2.05, 4.69) is 9.78 Å². The number of hydrogen-bond acceptors (Lipinski definition) is 3. The monoisotopic (exact) mass is 187 g/mol. The summed E-state index contributed by atoms with van der Waals surface area (Å²) < 4.78 is 29.7. The summed E-state index contributed by atoms with van der Waals surface area (Å²) in [6.45, 7) is 0. The summed E-state index contributed by atoms with van der Waals surface area (Å²) in [4.78, 5) is 6.08. The smallest absolute Gasteiger partial charge is 0.334 e. The van der Waals surface area contributed by atoms with Crippen LogP contribution in [0.1, 0.15) is 0 Å². The highest BCUT2D eigenvalue weighted by Gasteiger charge is 2.33. The number of aliphatic imine (C=N–C) groups is 1. The Morgan fingerprint density at radius 3 is 2.75 bits per heavy atom. The first-order chi connectivity index (χ1) is 5.55. The standard InChI is InChI=1S/C5H5N3O3S/c6-8-4-2-1-3-7-5(4)12(9,10)11/h1-3,5H,(H,9,10,11). The lowest BCUT2D eigenvalue weighted by atomic mass is 10.3. The molecule has 0 fully saturated rings. The van der Waals surface area contributed by atoms with Crippen LogP contribution >= 0.6 is 0 Å². The zero-order valence-corrected chi connectivity index (χ0v) is 6.64. The molecule has 1 aliphatic heterocycles. The normalized spacial score (nSPS) is 22.4. The first-order valence-electron chi connectivity index (χ1n) is 2.94. The minimum Gasteiger partial charge on any atom is -0.361 e. The molecule has 1 aliphatic rings. The van der Waals surface area contributed by atoms with E-state index in [4.69, 9.17) is 10.1 Å². The van der Waals surface area contributed by atoms with Gasteiger partial charge in [0, 0.05) is 12.3 Å². The van der Waals surface area contributed by atoms with Crippen molar-refractivity contribution in [2.75, 3.05) is 0 Å². The second-order valence-electron chi connectivity index (χ2n) is 2.05. The molecule has 12 heavy (non-hydrogen) atoms. The van der Waals surface area contributed by atoms with Crippen LogP contribution in [-0.2, 0) is 10.1 Å². The second kappa shape index (κ2) is 2.98. The number of dihydropyridines is 1. The van der Waals surface area contributed by atoms with E-state index in [1.165, 1.54) is 18.4 Å². The molecule has 0 saturated carbocycles. The summed E-state index contributed by atoms with van der Waals surface area (Å²) in [5, 5.41) is -1.51. The topological polar surface area (TPSA) is 103 Å². The molecule has 0 spiro atoms. The molecule has 1 heterocycles. The third-order valence-electron chi connectivity index (χ3n) is 1.23. The predicted octanol–water partition coefficient (Wildman–Crippen LogP) is -0.488. The molecule has 0 amide bonds. The number of allylic oxidation sites excluding steroid dienone is 1. The summed E-state index contributed by atoms with van der Waals surface area (Å²) >= 11 is 0. The van der Waals surface area contributed by atoms with Crippen molar-refractivity contribution < 1.29 is 17.8 Å². The molecule has 1 atom stereocenters. The summed E-state index contributed by atoms with van der Waals surface area (Å²) in [5.41, 5.74) is 8.10. The van der Waals surface area contributed by atoms with Crippen LogP contribution in [0.2, 0.25) is 0 Å². The molecule has 0 saturated heterocycles. The zero-order valence-electron chi connectivity index (χ0n) is 5.82. The van der Waals surface area contributed by atoms with E-state index < -0.39 is 15.5 Å². The number of rotatable bonds is 1. The Morgan fingerprint density at radius 2 is 2.33 bits per heavy atom. The van der Waals surface area contributed by atoms with E-state index in [1.807, 2.05) is 0 Å². The molecule has 0 aromatic rings. The maximum atomic E-state index is 10.6. The fourth-order valence-electron chi connectivity index (χ4n) is 0.740. The number of hydrogen-bond donors (Lipinski definition) is 1. The van der Waals surface area contributed by atoms with Gasteiger partial charge in [-0.3, -0.25) is 9.55 Å². The minimum absolute atomic E-state index is 0.208. The van der Waals surface area contributed by atoms with Gasteiger partial charge in [-0.2, -0.15) is 13.2 Å². The molecule has 0 aromatic carbocycles. The maximum absolute atomic E-state index is 10.6. The van der Waals surface area contributed by atoms with Gasteiger partial charge < -0.3 is 5.53 Å². The van der Waals surface area contributed by atoms with Gasteiger partial charge in [-0.15, -0.1) is 0 Å². The third kappa shape index (κ3) is 1.65. The minimum atomic E-state index is -4.33. The molecule has 64 valence electrons. The Hall–Kier alpha value is -1.30. The lowest BCUT2D eigenvalue weighted by Crippen LogP contribution is -2.29. The van der Waals surface area contributed by atoms with E-state index in [0.717, 1.165) is 0 Å². The Balaban J connectivity index is 3.16. The van der Waals surface area contributed by atoms with E-state index in [-0.39, 0.29) is 5.71 Å². The molecule has 0 aromatic heterocycles. The van der Waals surface area contributed by atoms with Gasteiger partial charge >= 0.3 is 5.71 Å². The van der Waals surface area contributed by atoms with Crippen LogP contribution in [0.4, 0.5) is 0 Å². The van der Waals surface area contributed by atoms with Crippen LogP contribution in [0.25, 0.3) is 5.53 Å². The quantitative estimate of drug-likeness (QED) is 0.340. The van der Waals surface area contributed by atoms with Crippen LogP contribution in [0.3, 0.4) is 0 Å². The van der Waals surface area contributed by atoms with Gasteiger partial charge in [0.15, 0.2) is 0 Å². The van der Waals surface area contributed by atoms with Crippen LogP contribution < -0.4 is 0 Å². The Morgan fingerprint density at radius 1 is 1.67 bits per heavy atom. The summed E-state index contributed by atoms with van der Waals surface area (Å²) in [5.74, 6) is 0. The van der Waals surface area contributed by atoms with Gasteiger partial charge in [0.1, 0.15) is 0 Å². The molecule has 1 rings (SSSR count). The molecule has 0 aliphatic carbocycles. The van der Waals surface area contributed by atoms with E-state index >= 15 is 0 Å². The van der Waals surface area contributed by atoms with Crippen LogP contribution in [0.15, 0.2) is 17.1 Å². The lowest BCUT2D eigenvalue weighted by molar-refractivity contribution is -0.00593. The van der Waals surface area contributed by atoms with Gasteiger partial charge in [0.05, 0.1) is 0 Å². The SMILES string of the molecule is [N-]=[N+]=C1C=CC=NC1S(=O)(=O)O. The van der Waals surface area contributed by atoms with Crippen molar-refractivity contribution in [3.63, 3.8) is 0 Å². The summed E-state index contributed by atoms with van der Waals surface area (Å²) in [6.07, 6.45) is 3.84.